The van der Waals surface area contributed by atoms with Crippen molar-refractivity contribution in [2.24, 2.45) is 0 Å². The zero-order chi connectivity index (χ0) is 16.4. The third kappa shape index (κ3) is 3.41. The zero-order valence-corrected chi connectivity index (χ0v) is 15.6. The van der Waals surface area contributed by atoms with Crippen molar-refractivity contribution < 1.29 is 4.74 Å². The van der Waals surface area contributed by atoms with E-state index >= 15 is 0 Å². The number of nitrogens with one attached hydrogen (secondary N) is 1. The summed E-state index contributed by atoms with van der Waals surface area (Å²) in [5, 5.41) is 3.63. The van der Waals surface area contributed by atoms with Gasteiger partial charge in [-0.25, -0.2) is 0 Å². The van der Waals surface area contributed by atoms with Crippen LogP contribution >= 0.6 is 27.3 Å². The number of halogens is 1. The van der Waals surface area contributed by atoms with E-state index in [1.807, 2.05) is 18.2 Å². The number of ether oxygens (including phenoxy) is 1. The van der Waals surface area contributed by atoms with Gasteiger partial charge in [-0.2, -0.15) is 0 Å². The molecule has 1 unspecified atom stereocenters. The van der Waals surface area contributed by atoms with E-state index in [4.69, 9.17) is 4.74 Å². The fourth-order valence-electron chi connectivity index (χ4n) is 3.11. The number of benzene rings is 2. The van der Waals surface area contributed by atoms with Crippen LogP contribution < -0.4 is 10.1 Å². The number of thiophene rings is 1. The summed E-state index contributed by atoms with van der Waals surface area (Å²) in [5.41, 5.74) is 3.94. The van der Waals surface area contributed by atoms with Crippen molar-refractivity contribution in [2.75, 3.05) is 6.54 Å². The van der Waals surface area contributed by atoms with Crippen molar-refractivity contribution in [3.63, 3.8) is 0 Å². The lowest BCUT2D eigenvalue weighted by Crippen LogP contribution is -2.29. The van der Waals surface area contributed by atoms with E-state index in [1.54, 1.807) is 11.3 Å². The molecule has 0 radical (unpaired) electrons. The average molecular weight is 400 g/mol. The largest absolute Gasteiger partial charge is 0.489 e. The molecule has 0 spiro atoms. The van der Waals surface area contributed by atoms with Crippen molar-refractivity contribution in [3.05, 3.63) is 86.0 Å². The first-order valence-corrected chi connectivity index (χ1v) is 9.69. The van der Waals surface area contributed by atoms with Gasteiger partial charge >= 0.3 is 0 Å². The van der Waals surface area contributed by atoms with Crippen molar-refractivity contribution >= 4 is 27.3 Å². The first-order chi connectivity index (χ1) is 11.8. The van der Waals surface area contributed by atoms with Gasteiger partial charge in [0.1, 0.15) is 12.4 Å². The lowest BCUT2D eigenvalue weighted by atomic mass is 9.93. The van der Waals surface area contributed by atoms with Crippen LogP contribution in [0.3, 0.4) is 0 Å². The van der Waals surface area contributed by atoms with Crippen LogP contribution in [0.2, 0.25) is 0 Å². The van der Waals surface area contributed by atoms with Crippen LogP contribution in [0, 0.1) is 0 Å². The predicted octanol–water partition coefficient (Wildman–Crippen LogP) is 5.32. The summed E-state index contributed by atoms with van der Waals surface area (Å²) in [4.78, 5) is 1.35. The minimum absolute atomic E-state index is 0.285. The van der Waals surface area contributed by atoms with Gasteiger partial charge < -0.3 is 10.1 Å². The Hall–Kier alpha value is -1.62. The highest BCUT2D eigenvalue weighted by molar-refractivity contribution is 9.11. The van der Waals surface area contributed by atoms with Gasteiger partial charge in [0.05, 0.1) is 9.83 Å². The molecule has 2 heterocycles. The molecule has 24 heavy (non-hydrogen) atoms. The van der Waals surface area contributed by atoms with Gasteiger partial charge in [0.2, 0.25) is 0 Å². The number of rotatable bonds is 4. The first-order valence-electron chi connectivity index (χ1n) is 8.08. The summed E-state index contributed by atoms with van der Waals surface area (Å²) in [6.45, 7) is 1.61. The second kappa shape index (κ2) is 7.09. The summed E-state index contributed by atoms with van der Waals surface area (Å²) in [6.07, 6.45) is 1.04. The zero-order valence-electron chi connectivity index (χ0n) is 13.2. The van der Waals surface area contributed by atoms with Crippen LogP contribution in [0.5, 0.6) is 5.75 Å². The Kier molecular flexibility index (Phi) is 4.69. The van der Waals surface area contributed by atoms with Crippen LogP contribution in [0.25, 0.3) is 0 Å². The van der Waals surface area contributed by atoms with Crippen LogP contribution in [-0.2, 0) is 13.0 Å². The molecule has 3 aromatic rings. The molecule has 122 valence electrons. The summed E-state index contributed by atoms with van der Waals surface area (Å²) in [5.74, 6) is 0.950. The molecule has 0 saturated heterocycles. The van der Waals surface area contributed by atoms with Crippen molar-refractivity contribution in [2.45, 2.75) is 19.1 Å². The Morgan fingerprint density at radius 3 is 2.75 bits per heavy atom. The molecular weight excluding hydrogens is 382 g/mol. The molecule has 2 aromatic carbocycles. The molecule has 1 aromatic heterocycles. The van der Waals surface area contributed by atoms with Crippen molar-refractivity contribution in [1.29, 1.82) is 0 Å². The third-order valence-electron chi connectivity index (χ3n) is 4.30. The number of fused-ring (bicyclic) bond motifs is 1. The van der Waals surface area contributed by atoms with Crippen LogP contribution in [0.15, 0.2) is 64.5 Å². The second-order valence-electron chi connectivity index (χ2n) is 5.91. The molecular formula is C20H18BrNOS. The molecule has 0 saturated carbocycles. The average Bonchev–Trinajstić information content (AvgIpc) is 3.06. The molecule has 1 aliphatic rings. The first kappa shape index (κ1) is 15.9. The van der Waals surface area contributed by atoms with E-state index in [-0.39, 0.29) is 6.04 Å². The monoisotopic (exact) mass is 399 g/mol. The minimum Gasteiger partial charge on any atom is -0.489 e. The Bertz CT molecular complexity index is 831. The van der Waals surface area contributed by atoms with Crippen LogP contribution in [0.1, 0.15) is 27.6 Å². The Balaban J connectivity index is 1.54. The molecule has 1 N–H and O–H groups in total. The van der Waals surface area contributed by atoms with Gasteiger partial charge in [0.15, 0.2) is 0 Å². The smallest absolute Gasteiger partial charge is 0.120 e. The van der Waals surface area contributed by atoms with E-state index in [0.29, 0.717) is 6.61 Å². The van der Waals surface area contributed by atoms with Gasteiger partial charge in [-0.3, -0.25) is 0 Å². The molecule has 4 heteroatoms. The number of hydrogen-bond acceptors (Lipinski definition) is 3. The van der Waals surface area contributed by atoms with Gasteiger partial charge in [-0.15, -0.1) is 11.3 Å². The van der Waals surface area contributed by atoms with Crippen molar-refractivity contribution in [1.82, 2.24) is 5.32 Å². The Morgan fingerprint density at radius 1 is 1.08 bits per heavy atom. The molecule has 1 atom stereocenters. The van der Waals surface area contributed by atoms with Gasteiger partial charge in [-0.05, 0) is 63.3 Å². The van der Waals surface area contributed by atoms with Crippen molar-refractivity contribution in [3.8, 4) is 5.75 Å². The fraction of sp³-hybridized carbons (Fsp3) is 0.200. The quantitative estimate of drug-likeness (QED) is 0.640. The fourth-order valence-corrected chi connectivity index (χ4v) is 4.63. The van der Waals surface area contributed by atoms with E-state index in [2.05, 4.69) is 63.7 Å². The topological polar surface area (TPSA) is 21.3 Å². The van der Waals surface area contributed by atoms with Crippen LogP contribution in [0.4, 0.5) is 0 Å². The number of hydrogen-bond donors (Lipinski definition) is 1. The highest BCUT2D eigenvalue weighted by Crippen LogP contribution is 2.35. The molecule has 0 bridgehead atoms. The molecule has 2 nitrogen and oxygen atoms in total. The highest BCUT2D eigenvalue weighted by atomic mass is 79.9. The third-order valence-corrected chi connectivity index (χ3v) is 5.98. The molecule has 0 fully saturated rings. The SMILES string of the molecule is Brc1ccc(C2NCCc3cc(OCc4ccccc4)ccc32)s1. The van der Waals surface area contributed by atoms with E-state index in [0.717, 1.165) is 18.7 Å². The summed E-state index contributed by atoms with van der Waals surface area (Å²) >= 11 is 5.36. The van der Waals surface area contributed by atoms with Gasteiger partial charge in [-0.1, -0.05) is 36.4 Å². The van der Waals surface area contributed by atoms with E-state index < -0.39 is 0 Å². The predicted molar refractivity (Wildman–Crippen MR) is 103 cm³/mol. The molecule has 0 aliphatic carbocycles. The van der Waals surface area contributed by atoms with Crippen LogP contribution in [-0.4, -0.2) is 6.54 Å². The second-order valence-corrected chi connectivity index (χ2v) is 8.41. The highest BCUT2D eigenvalue weighted by Gasteiger charge is 2.22. The molecule has 0 amide bonds. The maximum Gasteiger partial charge on any atom is 0.120 e. The normalized spacial score (nSPS) is 16.6. The lowest BCUT2D eigenvalue weighted by molar-refractivity contribution is 0.305. The van der Waals surface area contributed by atoms with Gasteiger partial charge in [0, 0.05) is 11.4 Å². The summed E-state index contributed by atoms with van der Waals surface area (Å²) in [7, 11) is 0. The minimum atomic E-state index is 0.285. The lowest BCUT2D eigenvalue weighted by Gasteiger charge is -2.26. The van der Waals surface area contributed by atoms with Gasteiger partial charge in [0.25, 0.3) is 0 Å². The Morgan fingerprint density at radius 2 is 1.96 bits per heavy atom. The molecule has 1 aliphatic heterocycles. The Labute approximate surface area is 154 Å². The molecule has 4 rings (SSSR count). The van der Waals surface area contributed by atoms with E-state index in [9.17, 15) is 0 Å². The maximum atomic E-state index is 5.98. The standard InChI is InChI=1S/C20H18BrNOS/c21-19-9-8-18(24-19)20-17-7-6-16(12-15(17)10-11-22-20)23-13-14-4-2-1-3-5-14/h1-9,12,20,22H,10-11,13H2. The summed E-state index contributed by atoms with van der Waals surface area (Å²) < 4.78 is 7.15. The van der Waals surface area contributed by atoms with E-state index in [1.165, 1.54) is 25.4 Å². The maximum absolute atomic E-state index is 5.98. The summed E-state index contributed by atoms with van der Waals surface area (Å²) in [6, 6.07) is 21.4.